The zero-order valence-electron chi connectivity index (χ0n) is 10.5. The lowest BCUT2D eigenvalue weighted by Gasteiger charge is -2.26. The average Bonchev–Trinajstić information content (AvgIpc) is 2.76. The molecule has 2 aromatic heterocycles. The molecule has 1 aliphatic rings. The minimum absolute atomic E-state index is 1.05. The number of aromatic amines is 1. The van der Waals surface area contributed by atoms with Gasteiger partial charge in [0.1, 0.15) is 5.65 Å². The van der Waals surface area contributed by atoms with Crippen LogP contribution >= 0.6 is 22.6 Å². The molecule has 0 amide bonds. The summed E-state index contributed by atoms with van der Waals surface area (Å²) in [4.78, 5) is 10.5. The van der Waals surface area contributed by atoms with E-state index in [4.69, 9.17) is 0 Å². The Morgan fingerprint density at radius 2 is 2.33 bits per heavy atom. The van der Waals surface area contributed by atoms with E-state index in [1.165, 1.54) is 47.0 Å². The molecule has 0 fully saturated rings. The molecule has 0 aromatic carbocycles. The monoisotopic (exact) mass is 355 g/mol. The third-order valence-electron chi connectivity index (χ3n) is 3.68. The second-order valence-corrected chi connectivity index (χ2v) is 5.98. The van der Waals surface area contributed by atoms with E-state index in [0.717, 1.165) is 18.6 Å². The SMILES string of the molecule is ICCCCN1CCc2c([nH]c3ncccc23)C1. The Hall–Kier alpha value is -0.620. The summed E-state index contributed by atoms with van der Waals surface area (Å²) in [5.41, 5.74) is 3.92. The molecule has 4 heteroatoms. The van der Waals surface area contributed by atoms with E-state index in [1.807, 2.05) is 12.3 Å². The minimum Gasteiger partial charge on any atom is -0.342 e. The molecular formula is C14H18IN3. The van der Waals surface area contributed by atoms with Gasteiger partial charge in [-0.05, 0) is 47.9 Å². The van der Waals surface area contributed by atoms with Crippen LogP contribution < -0.4 is 0 Å². The molecule has 3 rings (SSSR count). The number of hydrogen-bond acceptors (Lipinski definition) is 2. The van der Waals surface area contributed by atoms with Gasteiger partial charge in [0.05, 0.1) is 0 Å². The molecule has 1 N–H and O–H groups in total. The molecule has 0 spiro atoms. The molecule has 1 aliphatic heterocycles. The van der Waals surface area contributed by atoms with Crippen LogP contribution in [0.25, 0.3) is 11.0 Å². The fraction of sp³-hybridized carbons (Fsp3) is 0.500. The second kappa shape index (κ2) is 5.57. The molecule has 0 aliphatic carbocycles. The number of H-pyrrole nitrogens is 1. The Labute approximate surface area is 121 Å². The predicted octanol–water partition coefficient (Wildman–Crippen LogP) is 3.14. The highest BCUT2D eigenvalue weighted by atomic mass is 127. The number of halogens is 1. The van der Waals surface area contributed by atoms with Crippen molar-refractivity contribution in [3.8, 4) is 0 Å². The summed E-state index contributed by atoms with van der Waals surface area (Å²) in [5.74, 6) is 0. The van der Waals surface area contributed by atoms with Gasteiger partial charge >= 0.3 is 0 Å². The number of hydrogen-bond donors (Lipinski definition) is 1. The van der Waals surface area contributed by atoms with E-state index >= 15 is 0 Å². The standard InChI is InChI=1S/C14H18IN3/c15-6-1-2-8-18-9-5-11-12-4-3-7-16-14(12)17-13(11)10-18/h3-4,7H,1-2,5-6,8-10H2,(H,16,17). The van der Waals surface area contributed by atoms with Gasteiger partial charge in [-0.25, -0.2) is 4.98 Å². The second-order valence-electron chi connectivity index (χ2n) is 4.90. The number of nitrogens with one attached hydrogen (secondary N) is 1. The summed E-state index contributed by atoms with van der Waals surface area (Å²) >= 11 is 2.46. The van der Waals surface area contributed by atoms with Crippen molar-refractivity contribution in [1.29, 1.82) is 0 Å². The summed E-state index contributed by atoms with van der Waals surface area (Å²) in [6.07, 6.45) is 5.67. The lowest BCUT2D eigenvalue weighted by atomic mass is 10.0. The van der Waals surface area contributed by atoms with Crippen LogP contribution in [0.2, 0.25) is 0 Å². The van der Waals surface area contributed by atoms with Crippen molar-refractivity contribution in [2.75, 3.05) is 17.5 Å². The molecule has 0 unspecified atom stereocenters. The summed E-state index contributed by atoms with van der Waals surface area (Å²) < 4.78 is 1.27. The molecule has 96 valence electrons. The Morgan fingerprint density at radius 1 is 1.39 bits per heavy atom. The zero-order valence-corrected chi connectivity index (χ0v) is 12.6. The highest BCUT2D eigenvalue weighted by Crippen LogP contribution is 2.26. The molecule has 3 heterocycles. The van der Waals surface area contributed by atoms with Crippen LogP contribution in [0, 0.1) is 0 Å². The Kier molecular flexibility index (Phi) is 3.84. The number of alkyl halides is 1. The maximum atomic E-state index is 4.41. The van der Waals surface area contributed by atoms with Crippen molar-refractivity contribution in [3.63, 3.8) is 0 Å². The minimum atomic E-state index is 1.05. The molecule has 0 bridgehead atoms. The van der Waals surface area contributed by atoms with Crippen LogP contribution in [0.4, 0.5) is 0 Å². The van der Waals surface area contributed by atoms with E-state index in [2.05, 4.69) is 43.5 Å². The van der Waals surface area contributed by atoms with Gasteiger partial charge in [0, 0.05) is 30.4 Å². The van der Waals surface area contributed by atoms with Crippen molar-refractivity contribution < 1.29 is 0 Å². The highest BCUT2D eigenvalue weighted by molar-refractivity contribution is 14.1. The summed E-state index contributed by atoms with van der Waals surface area (Å²) in [6, 6.07) is 4.21. The van der Waals surface area contributed by atoms with Crippen molar-refractivity contribution in [2.45, 2.75) is 25.8 Å². The average molecular weight is 355 g/mol. The lowest BCUT2D eigenvalue weighted by Crippen LogP contribution is -2.31. The fourth-order valence-electron chi connectivity index (χ4n) is 2.74. The maximum absolute atomic E-state index is 4.41. The molecule has 0 saturated carbocycles. The normalized spacial score (nSPS) is 16.1. The van der Waals surface area contributed by atoms with Gasteiger partial charge in [-0.1, -0.05) is 22.6 Å². The Bertz CT molecular complexity index is 535. The Morgan fingerprint density at radius 3 is 3.22 bits per heavy atom. The number of aromatic nitrogens is 2. The molecule has 0 radical (unpaired) electrons. The van der Waals surface area contributed by atoms with Crippen LogP contribution in [0.5, 0.6) is 0 Å². The predicted molar refractivity (Wildman–Crippen MR) is 83.2 cm³/mol. The first-order chi connectivity index (χ1) is 8.88. The summed E-state index contributed by atoms with van der Waals surface area (Å²) in [5, 5.41) is 1.32. The van der Waals surface area contributed by atoms with Gasteiger partial charge in [-0.15, -0.1) is 0 Å². The molecule has 0 saturated heterocycles. The van der Waals surface area contributed by atoms with Crippen LogP contribution in [0.1, 0.15) is 24.1 Å². The number of fused-ring (bicyclic) bond motifs is 3. The van der Waals surface area contributed by atoms with Gasteiger partial charge in [0.2, 0.25) is 0 Å². The van der Waals surface area contributed by atoms with Crippen molar-refractivity contribution in [1.82, 2.24) is 14.9 Å². The van der Waals surface area contributed by atoms with E-state index in [0.29, 0.717) is 0 Å². The number of rotatable bonds is 4. The fourth-order valence-corrected chi connectivity index (χ4v) is 3.28. The van der Waals surface area contributed by atoms with Crippen molar-refractivity contribution in [2.24, 2.45) is 0 Å². The molecule has 3 nitrogen and oxygen atoms in total. The first-order valence-electron chi connectivity index (χ1n) is 6.61. The number of nitrogens with zero attached hydrogens (tertiary/aromatic N) is 2. The molecule has 18 heavy (non-hydrogen) atoms. The van der Waals surface area contributed by atoms with Gasteiger partial charge in [-0.2, -0.15) is 0 Å². The van der Waals surface area contributed by atoms with Gasteiger partial charge in [-0.3, -0.25) is 4.90 Å². The first kappa shape index (κ1) is 12.4. The van der Waals surface area contributed by atoms with Crippen LogP contribution in [-0.4, -0.2) is 32.4 Å². The largest absolute Gasteiger partial charge is 0.342 e. The molecule has 0 atom stereocenters. The van der Waals surface area contributed by atoms with Crippen LogP contribution in [-0.2, 0) is 13.0 Å². The number of unbranched alkanes of at least 4 members (excludes halogenated alkanes) is 1. The van der Waals surface area contributed by atoms with Crippen LogP contribution in [0.15, 0.2) is 18.3 Å². The van der Waals surface area contributed by atoms with E-state index < -0.39 is 0 Å². The van der Waals surface area contributed by atoms with E-state index in [1.54, 1.807) is 0 Å². The number of pyridine rings is 1. The molecule has 2 aromatic rings. The lowest BCUT2D eigenvalue weighted by molar-refractivity contribution is 0.248. The van der Waals surface area contributed by atoms with Gasteiger partial charge in [0.25, 0.3) is 0 Å². The smallest absolute Gasteiger partial charge is 0.137 e. The van der Waals surface area contributed by atoms with E-state index in [9.17, 15) is 0 Å². The molecular weight excluding hydrogens is 337 g/mol. The third-order valence-corrected chi connectivity index (χ3v) is 4.45. The Balaban J connectivity index is 1.76. The van der Waals surface area contributed by atoms with Crippen molar-refractivity contribution in [3.05, 3.63) is 29.6 Å². The topological polar surface area (TPSA) is 31.9 Å². The summed E-state index contributed by atoms with van der Waals surface area (Å²) in [7, 11) is 0. The van der Waals surface area contributed by atoms with Gasteiger partial charge < -0.3 is 4.98 Å². The van der Waals surface area contributed by atoms with Crippen LogP contribution in [0.3, 0.4) is 0 Å². The van der Waals surface area contributed by atoms with Gasteiger partial charge in [0.15, 0.2) is 0 Å². The third kappa shape index (κ3) is 2.40. The highest BCUT2D eigenvalue weighted by Gasteiger charge is 2.20. The maximum Gasteiger partial charge on any atom is 0.137 e. The first-order valence-corrected chi connectivity index (χ1v) is 8.14. The summed E-state index contributed by atoms with van der Waals surface area (Å²) in [6.45, 7) is 3.48. The quantitative estimate of drug-likeness (QED) is 0.519. The zero-order chi connectivity index (χ0) is 12.4. The van der Waals surface area contributed by atoms with Crippen molar-refractivity contribution >= 4 is 33.6 Å². The van der Waals surface area contributed by atoms with E-state index in [-0.39, 0.29) is 0 Å².